The molecule has 24 heavy (non-hydrogen) atoms. The molecular formula is C18H20N6. The highest BCUT2D eigenvalue weighted by Crippen LogP contribution is 2.30. The van der Waals surface area contributed by atoms with Gasteiger partial charge in [-0.1, -0.05) is 6.07 Å². The molecule has 0 aliphatic carbocycles. The standard InChI is InChI=1S/C18H20N6/c1-13-21-14(2)24(22-13)12-15-5-4-8-23(11-15)18-16(9-19)6-3-7-17(18)10-20/h3,6-7,15H,4-5,8,11-12H2,1-2H3. The van der Waals surface area contributed by atoms with Crippen molar-refractivity contribution in [2.45, 2.75) is 33.2 Å². The number of nitrogens with zero attached hydrogens (tertiary/aromatic N) is 6. The summed E-state index contributed by atoms with van der Waals surface area (Å²) in [5, 5.41) is 23.3. The van der Waals surface area contributed by atoms with Crippen LogP contribution in [0.15, 0.2) is 18.2 Å². The predicted octanol–water partition coefficient (Wildman–Crippen LogP) is 2.55. The fourth-order valence-corrected chi connectivity index (χ4v) is 3.46. The van der Waals surface area contributed by atoms with Gasteiger partial charge in [-0.3, -0.25) is 0 Å². The van der Waals surface area contributed by atoms with E-state index >= 15 is 0 Å². The van der Waals surface area contributed by atoms with Crippen LogP contribution < -0.4 is 4.90 Å². The van der Waals surface area contributed by atoms with Crippen LogP contribution in [-0.2, 0) is 6.54 Å². The van der Waals surface area contributed by atoms with E-state index in [9.17, 15) is 10.5 Å². The molecule has 1 aliphatic rings. The molecule has 1 unspecified atom stereocenters. The first-order valence-corrected chi connectivity index (χ1v) is 8.18. The number of hydrogen-bond donors (Lipinski definition) is 0. The molecule has 0 bridgehead atoms. The Morgan fingerprint density at radius 1 is 1.21 bits per heavy atom. The van der Waals surface area contributed by atoms with E-state index in [1.807, 2.05) is 18.5 Å². The Morgan fingerprint density at radius 3 is 2.50 bits per heavy atom. The first-order valence-electron chi connectivity index (χ1n) is 8.18. The first-order chi connectivity index (χ1) is 11.6. The van der Waals surface area contributed by atoms with Crippen molar-refractivity contribution < 1.29 is 0 Å². The van der Waals surface area contributed by atoms with Gasteiger partial charge in [0.2, 0.25) is 0 Å². The summed E-state index contributed by atoms with van der Waals surface area (Å²) in [7, 11) is 0. The molecular weight excluding hydrogens is 300 g/mol. The summed E-state index contributed by atoms with van der Waals surface area (Å²) in [6.45, 7) is 6.39. The van der Waals surface area contributed by atoms with E-state index < -0.39 is 0 Å². The molecule has 1 saturated heterocycles. The van der Waals surface area contributed by atoms with Crippen LogP contribution >= 0.6 is 0 Å². The third-order valence-electron chi connectivity index (χ3n) is 4.51. The van der Waals surface area contributed by atoms with Gasteiger partial charge in [0.1, 0.15) is 23.8 Å². The SMILES string of the molecule is Cc1nc(C)n(CC2CCCN(c3c(C#N)cccc3C#N)C2)n1. The number of hydrogen-bond acceptors (Lipinski definition) is 5. The molecule has 2 aromatic rings. The lowest BCUT2D eigenvalue weighted by Gasteiger charge is -2.35. The van der Waals surface area contributed by atoms with E-state index in [1.165, 1.54) is 0 Å². The van der Waals surface area contributed by atoms with Crippen molar-refractivity contribution in [3.8, 4) is 12.1 Å². The van der Waals surface area contributed by atoms with E-state index in [2.05, 4.69) is 27.1 Å². The molecule has 1 aromatic heterocycles. The van der Waals surface area contributed by atoms with Gasteiger partial charge in [0, 0.05) is 19.6 Å². The van der Waals surface area contributed by atoms with Gasteiger partial charge in [-0.15, -0.1) is 0 Å². The highest BCUT2D eigenvalue weighted by molar-refractivity contribution is 5.68. The van der Waals surface area contributed by atoms with Gasteiger partial charge in [0.25, 0.3) is 0 Å². The van der Waals surface area contributed by atoms with Crippen LogP contribution in [-0.4, -0.2) is 27.9 Å². The van der Waals surface area contributed by atoms with E-state index in [0.717, 1.165) is 49.8 Å². The molecule has 1 fully saturated rings. The molecule has 6 heteroatoms. The summed E-state index contributed by atoms with van der Waals surface area (Å²) in [5.74, 6) is 2.15. The molecule has 0 saturated carbocycles. The van der Waals surface area contributed by atoms with Crippen molar-refractivity contribution in [1.29, 1.82) is 10.5 Å². The maximum atomic E-state index is 9.40. The van der Waals surface area contributed by atoms with Crippen LogP contribution in [0.2, 0.25) is 0 Å². The molecule has 1 aromatic carbocycles. The minimum atomic E-state index is 0.428. The average molecular weight is 320 g/mol. The zero-order valence-electron chi connectivity index (χ0n) is 14.0. The second-order valence-corrected chi connectivity index (χ2v) is 6.27. The minimum Gasteiger partial charge on any atom is -0.369 e. The lowest BCUT2D eigenvalue weighted by atomic mass is 9.95. The minimum absolute atomic E-state index is 0.428. The van der Waals surface area contributed by atoms with Crippen LogP contribution in [0.3, 0.4) is 0 Å². The van der Waals surface area contributed by atoms with Gasteiger partial charge in [-0.05, 0) is 44.7 Å². The van der Waals surface area contributed by atoms with Crippen LogP contribution in [0.4, 0.5) is 5.69 Å². The molecule has 0 amide bonds. The van der Waals surface area contributed by atoms with Crippen molar-refractivity contribution in [3.05, 3.63) is 41.0 Å². The van der Waals surface area contributed by atoms with E-state index in [1.54, 1.807) is 18.2 Å². The molecule has 1 atom stereocenters. The number of benzene rings is 1. The van der Waals surface area contributed by atoms with E-state index in [-0.39, 0.29) is 0 Å². The highest BCUT2D eigenvalue weighted by Gasteiger charge is 2.25. The number of rotatable bonds is 3. The van der Waals surface area contributed by atoms with Crippen LogP contribution in [0.1, 0.15) is 35.6 Å². The van der Waals surface area contributed by atoms with Crippen LogP contribution in [0.25, 0.3) is 0 Å². The Balaban J connectivity index is 1.83. The van der Waals surface area contributed by atoms with Gasteiger partial charge < -0.3 is 4.90 Å². The average Bonchev–Trinajstić information content (AvgIpc) is 2.91. The zero-order chi connectivity index (χ0) is 17.1. The Kier molecular flexibility index (Phi) is 4.48. The zero-order valence-corrected chi connectivity index (χ0v) is 14.0. The largest absolute Gasteiger partial charge is 0.369 e. The summed E-state index contributed by atoms with van der Waals surface area (Å²) in [4.78, 5) is 6.55. The summed E-state index contributed by atoms with van der Waals surface area (Å²) in [6.07, 6.45) is 2.16. The van der Waals surface area contributed by atoms with Crippen molar-refractivity contribution in [1.82, 2.24) is 14.8 Å². The van der Waals surface area contributed by atoms with Gasteiger partial charge in [-0.25, -0.2) is 9.67 Å². The molecule has 3 rings (SSSR count). The Labute approximate surface area is 142 Å². The summed E-state index contributed by atoms with van der Waals surface area (Å²) in [5.41, 5.74) is 1.92. The Hall–Kier alpha value is -2.86. The lowest BCUT2D eigenvalue weighted by molar-refractivity contribution is 0.347. The predicted molar refractivity (Wildman–Crippen MR) is 90.3 cm³/mol. The van der Waals surface area contributed by atoms with Crippen LogP contribution in [0.5, 0.6) is 0 Å². The van der Waals surface area contributed by atoms with Crippen molar-refractivity contribution in [2.75, 3.05) is 18.0 Å². The molecule has 0 spiro atoms. The number of aromatic nitrogens is 3. The number of aryl methyl sites for hydroxylation is 2. The third-order valence-corrected chi connectivity index (χ3v) is 4.51. The molecule has 1 aliphatic heterocycles. The fraction of sp³-hybridized carbons (Fsp3) is 0.444. The van der Waals surface area contributed by atoms with Gasteiger partial charge in [-0.2, -0.15) is 15.6 Å². The van der Waals surface area contributed by atoms with Gasteiger partial charge in [0.05, 0.1) is 16.8 Å². The Morgan fingerprint density at radius 2 is 1.92 bits per heavy atom. The Bertz CT molecular complexity index is 791. The van der Waals surface area contributed by atoms with Gasteiger partial charge in [0.15, 0.2) is 0 Å². The topological polar surface area (TPSA) is 81.5 Å². The van der Waals surface area contributed by atoms with E-state index in [0.29, 0.717) is 17.0 Å². The second kappa shape index (κ2) is 6.72. The fourth-order valence-electron chi connectivity index (χ4n) is 3.46. The van der Waals surface area contributed by atoms with Crippen molar-refractivity contribution >= 4 is 5.69 Å². The first kappa shape index (κ1) is 16.0. The molecule has 0 radical (unpaired) electrons. The molecule has 0 N–H and O–H groups in total. The lowest BCUT2D eigenvalue weighted by Crippen LogP contribution is -2.38. The summed E-state index contributed by atoms with van der Waals surface area (Å²) < 4.78 is 1.96. The molecule has 122 valence electrons. The normalized spacial score (nSPS) is 17.3. The van der Waals surface area contributed by atoms with Crippen molar-refractivity contribution in [3.63, 3.8) is 0 Å². The number of nitriles is 2. The van der Waals surface area contributed by atoms with Crippen LogP contribution in [0, 0.1) is 42.4 Å². The quantitative estimate of drug-likeness (QED) is 0.868. The second-order valence-electron chi connectivity index (χ2n) is 6.27. The molecule has 2 heterocycles. The summed E-state index contributed by atoms with van der Waals surface area (Å²) >= 11 is 0. The number of piperidine rings is 1. The smallest absolute Gasteiger partial charge is 0.147 e. The number of para-hydroxylation sites is 1. The maximum absolute atomic E-state index is 9.40. The number of anilines is 1. The summed E-state index contributed by atoms with van der Waals surface area (Å²) in [6, 6.07) is 9.78. The highest BCUT2D eigenvalue weighted by atomic mass is 15.3. The van der Waals surface area contributed by atoms with E-state index in [4.69, 9.17) is 0 Å². The van der Waals surface area contributed by atoms with Crippen molar-refractivity contribution in [2.24, 2.45) is 5.92 Å². The third kappa shape index (κ3) is 3.09. The monoisotopic (exact) mass is 320 g/mol. The maximum Gasteiger partial charge on any atom is 0.147 e. The molecule has 6 nitrogen and oxygen atoms in total. The van der Waals surface area contributed by atoms with Gasteiger partial charge >= 0.3 is 0 Å².